The average Bonchev–Trinajstić information content (AvgIpc) is 3.39. The molecule has 40 heavy (non-hydrogen) atoms. The zero-order valence-electron chi connectivity index (χ0n) is 22.9. The standard InChI is InChI=1S/C31H33ClN6O2/c1-4-27(39)38-17-16-37(18-20(38)2)30-24-13-14-26(23-11-5-8-21-9-6-12-25(32)28(21)23)33-29(24)34-31(35-30)40-19-22-10-7-15-36(22)3/h4-6,8-9,11-14,20,22H,1,7,10,15-19H2,2-3H3/t20-,22?/m1/s1. The van der Waals surface area contributed by atoms with Gasteiger partial charge in [-0.25, -0.2) is 4.98 Å². The van der Waals surface area contributed by atoms with E-state index < -0.39 is 0 Å². The number of carbonyl (C=O) groups is 1. The van der Waals surface area contributed by atoms with Crippen LogP contribution in [0.15, 0.2) is 61.2 Å². The molecule has 2 aromatic heterocycles. The van der Waals surface area contributed by atoms with E-state index >= 15 is 0 Å². The molecular formula is C31H33ClN6O2. The van der Waals surface area contributed by atoms with E-state index in [-0.39, 0.29) is 11.9 Å². The number of hydrogen-bond acceptors (Lipinski definition) is 7. The van der Waals surface area contributed by atoms with Crippen molar-refractivity contribution in [3.63, 3.8) is 0 Å². The number of anilines is 1. The van der Waals surface area contributed by atoms with Gasteiger partial charge in [0.25, 0.3) is 0 Å². The molecule has 0 spiro atoms. The quantitative estimate of drug-likeness (QED) is 0.302. The Morgan fingerprint density at radius 3 is 2.67 bits per heavy atom. The van der Waals surface area contributed by atoms with E-state index in [9.17, 15) is 4.79 Å². The highest BCUT2D eigenvalue weighted by Crippen LogP contribution is 2.35. The molecule has 4 aromatic rings. The van der Waals surface area contributed by atoms with E-state index in [0.29, 0.717) is 49.0 Å². The number of pyridine rings is 1. The molecule has 0 saturated carbocycles. The summed E-state index contributed by atoms with van der Waals surface area (Å²) < 4.78 is 6.21. The molecule has 8 nitrogen and oxygen atoms in total. The van der Waals surface area contributed by atoms with Gasteiger partial charge in [-0.3, -0.25) is 4.79 Å². The Labute approximate surface area is 239 Å². The predicted molar refractivity (Wildman–Crippen MR) is 160 cm³/mol. The summed E-state index contributed by atoms with van der Waals surface area (Å²) in [6.45, 7) is 9.16. The lowest BCUT2D eigenvalue weighted by Gasteiger charge is -2.40. The number of likely N-dealkylation sites (tertiary alicyclic amines) is 1. The summed E-state index contributed by atoms with van der Waals surface area (Å²) in [6, 6.07) is 16.7. The molecule has 0 radical (unpaired) electrons. The second-order valence-electron chi connectivity index (χ2n) is 10.7. The van der Waals surface area contributed by atoms with Crippen molar-refractivity contribution in [3.8, 4) is 17.3 Å². The van der Waals surface area contributed by atoms with Crippen LogP contribution in [0.2, 0.25) is 5.02 Å². The van der Waals surface area contributed by atoms with Gasteiger partial charge in [0.1, 0.15) is 12.4 Å². The molecule has 1 unspecified atom stereocenters. The number of rotatable bonds is 6. The van der Waals surface area contributed by atoms with Crippen LogP contribution < -0.4 is 9.64 Å². The maximum absolute atomic E-state index is 12.3. The molecule has 2 fully saturated rings. The molecule has 0 bridgehead atoms. The third kappa shape index (κ3) is 4.97. The lowest BCUT2D eigenvalue weighted by molar-refractivity contribution is -0.128. The highest BCUT2D eigenvalue weighted by atomic mass is 35.5. The number of aromatic nitrogens is 3. The van der Waals surface area contributed by atoms with E-state index in [0.717, 1.165) is 46.2 Å². The fraction of sp³-hybridized carbons (Fsp3) is 0.355. The second kappa shape index (κ2) is 11.0. The summed E-state index contributed by atoms with van der Waals surface area (Å²) in [4.78, 5) is 33.4. The van der Waals surface area contributed by atoms with Crippen LogP contribution in [0.1, 0.15) is 19.8 Å². The van der Waals surface area contributed by atoms with Gasteiger partial charge in [-0.2, -0.15) is 9.97 Å². The largest absolute Gasteiger partial charge is 0.462 e. The van der Waals surface area contributed by atoms with Crippen LogP contribution in [0, 0.1) is 0 Å². The minimum Gasteiger partial charge on any atom is -0.462 e. The van der Waals surface area contributed by atoms with Gasteiger partial charge in [-0.15, -0.1) is 0 Å². The van der Waals surface area contributed by atoms with Crippen molar-refractivity contribution in [2.24, 2.45) is 0 Å². The van der Waals surface area contributed by atoms with Gasteiger partial charge in [-0.05, 0) is 63.0 Å². The Balaban J connectivity index is 1.41. The van der Waals surface area contributed by atoms with Gasteiger partial charge in [0.15, 0.2) is 5.65 Å². The Kier molecular flexibility index (Phi) is 7.29. The van der Waals surface area contributed by atoms with Crippen LogP contribution >= 0.6 is 11.6 Å². The number of amides is 1. The molecule has 0 N–H and O–H groups in total. The number of ether oxygens (including phenoxy) is 1. The number of fused-ring (bicyclic) bond motifs is 2. The second-order valence-corrected chi connectivity index (χ2v) is 11.1. The zero-order valence-corrected chi connectivity index (χ0v) is 23.6. The number of benzene rings is 2. The summed E-state index contributed by atoms with van der Waals surface area (Å²) in [7, 11) is 2.13. The maximum atomic E-state index is 12.3. The summed E-state index contributed by atoms with van der Waals surface area (Å²) in [5.74, 6) is 0.719. The Bertz CT molecular complexity index is 1590. The number of halogens is 1. The SMILES string of the molecule is C=CC(=O)N1CCN(c2nc(OCC3CCCN3C)nc3nc(-c4cccc5cccc(Cl)c45)ccc23)C[C@H]1C. The minimum atomic E-state index is -0.0514. The first-order valence-corrected chi connectivity index (χ1v) is 14.2. The first-order valence-electron chi connectivity index (χ1n) is 13.8. The Morgan fingerprint density at radius 1 is 1.10 bits per heavy atom. The first kappa shape index (κ1) is 26.5. The van der Waals surface area contributed by atoms with E-state index in [2.05, 4.69) is 35.6 Å². The van der Waals surface area contributed by atoms with Gasteiger partial charge >= 0.3 is 6.01 Å². The third-order valence-corrected chi connectivity index (χ3v) is 8.42. The maximum Gasteiger partial charge on any atom is 0.320 e. The van der Waals surface area contributed by atoms with Crippen LogP contribution in [0.5, 0.6) is 6.01 Å². The molecule has 2 atom stereocenters. The van der Waals surface area contributed by atoms with E-state index in [1.54, 1.807) is 0 Å². The van der Waals surface area contributed by atoms with Crippen molar-refractivity contribution in [2.45, 2.75) is 31.8 Å². The lowest BCUT2D eigenvalue weighted by Crippen LogP contribution is -2.54. The Morgan fingerprint density at radius 2 is 1.93 bits per heavy atom. The summed E-state index contributed by atoms with van der Waals surface area (Å²) >= 11 is 6.64. The molecule has 206 valence electrons. The van der Waals surface area contributed by atoms with Crippen molar-refractivity contribution in [3.05, 3.63) is 66.2 Å². The van der Waals surface area contributed by atoms with Crippen molar-refractivity contribution >= 4 is 45.1 Å². The van der Waals surface area contributed by atoms with E-state index in [1.807, 2.05) is 48.2 Å². The highest BCUT2D eigenvalue weighted by Gasteiger charge is 2.29. The van der Waals surface area contributed by atoms with E-state index in [1.165, 1.54) is 12.5 Å². The van der Waals surface area contributed by atoms with Gasteiger partial charge < -0.3 is 19.4 Å². The number of carbonyl (C=O) groups excluding carboxylic acids is 1. The normalized spacial score (nSPS) is 19.9. The highest BCUT2D eigenvalue weighted by molar-refractivity contribution is 6.36. The number of hydrogen-bond donors (Lipinski definition) is 0. The molecule has 1 amide bonds. The molecule has 9 heteroatoms. The van der Waals surface area contributed by atoms with Crippen LogP contribution in [0.3, 0.4) is 0 Å². The van der Waals surface area contributed by atoms with E-state index in [4.69, 9.17) is 31.3 Å². The van der Waals surface area contributed by atoms with Crippen molar-refractivity contribution in [1.29, 1.82) is 0 Å². The number of likely N-dealkylation sites (N-methyl/N-ethyl adjacent to an activating group) is 1. The van der Waals surface area contributed by atoms with Gasteiger partial charge in [0.2, 0.25) is 5.91 Å². The van der Waals surface area contributed by atoms with Gasteiger partial charge in [0, 0.05) is 47.7 Å². The van der Waals surface area contributed by atoms with Gasteiger partial charge in [0.05, 0.1) is 11.1 Å². The Hall–Kier alpha value is -3.75. The number of nitrogens with zero attached hydrogens (tertiary/aromatic N) is 6. The lowest BCUT2D eigenvalue weighted by atomic mass is 10.0. The summed E-state index contributed by atoms with van der Waals surface area (Å²) in [6.07, 6.45) is 3.64. The van der Waals surface area contributed by atoms with Crippen molar-refractivity contribution < 1.29 is 9.53 Å². The monoisotopic (exact) mass is 556 g/mol. The van der Waals surface area contributed by atoms with Gasteiger partial charge in [-0.1, -0.05) is 48.5 Å². The number of piperazine rings is 1. The molecule has 2 saturated heterocycles. The fourth-order valence-corrected chi connectivity index (χ4v) is 6.18. The van der Waals surface area contributed by atoms with Crippen LogP contribution in [0.4, 0.5) is 5.82 Å². The summed E-state index contributed by atoms with van der Waals surface area (Å²) in [5, 5.41) is 3.55. The molecule has 2 aromatic carbocycles. The predicted octanol–water partition coefficient (Wildman–Crippen LogP) is 5.19. The molecule has 0 aliphatic carbocycles. The zero-order chi connectivity index (χ0) is 27.8. The van der Waals surface area contributed by atoms with Crippen LogP contribution in [0.25, 0.3) is 33.1 Å². The van der Waals surface area contributed by atoms with Crippen molar-refractivity contribution in [1.82, 2.24) is 24.8 Å². The average molecular weight is 557 g/mol. The smallest absolute Gasteiger partial charge is 0.320 e. The van der Waals surface area contributed by atoms with Crippen molar-refractivity contribution in [2.75, 3.05) is 44.7 Å². The minimum absolute atomic E-state index is 0.00540. The molecular weight excluding hydrogens is 524 g/mol. The third-order valence-electron chi connectivity index (χ3n) is 8.11. The molecule has 2 aliphatic rings. The molecule has 2 aliphatic heterocycles. The van der Waals surface area contributed by atoms with Crippen LogP contribution in [-0.4, -0.2) is 82.6 Å². The molecule has 4 heterocycles. The topological polar surface area (TPSA) is 74.7 Å². The first-order chi connectivity index (χ1) is 19.4. The fourth-order valence-electron chi connectivity index (χ4n) is 5.89. The molecule has 6 rings (SSSR count). The van der Waals surface area contributed by atoms with Crippen LogP contribution in [-0.2, 0) is 4.79 Å². The summed E-state index contributed by atoms with van der Waals surface area (Å²) in [5.41, 5.74) is 2.30.